The van der Waals surface area contributed by atoms with Gasteiger partial charge in [0.25, 0.3) is 0 Å². The minimum atomic E-state index is 0.286. The Kier molecular flexibility index (Phi) is 6.10. The molecule has 4 aromatic rings. The second-order valence-electron chi connectivity index (χ2n) is 6.54. The first-order valence-corrected chi connectivity index (χ1v) is 9.87. The van der Waals surface area contributed by atoms with E-state index >= 15 is 0 Å². The maximum absolute atomic E-state index is 8.80. The Morgan fingerprint density at radius 3 is 2.44 bits per heavy atom. The Morgan fingerprint density at radius 1 is 1.06 bits per heavy atom. The number of fused-ring (bicyclic) bond motifs is 1. The van der Waals surface area contributed by atoms with Crippen molar-refractivity contribution in [2.45, 2.75) is 0 Å². The summed E-state index contributed by atoms with van der Waals surface area (Å²) in [6.45, 7) is 0. The van der Waals surface area contributed by atoms with Crippen LogP contribution in [0.2, 0.25) is 5.02 Å². The highest BCUT2D eigenvalue weighted by Gasteiger charge is 2.18. The molecule has 0 aliphatic heterocycles. The van der Waals surface area contributed by atoms with Crippen LogP contribution in [0.15, 0.2) is 54.7 Å². The van der Waals surface area contributed by atoms with Crippen LogP contribution in [-0.4, -0.2) is 29.2 Å². The number of halogens is 1. The van der Waals surface area contributed by atoms with Crippen molar-refractivity contribution < 1.29 is 14.2 Å². The fourth-order valence-electron chi connectivity index (χ4n) is 3.04. The molecule has 4 rings (SSSR count). The Bertz CT molecular complexity index is 1300. The molecule has 2 aromatic heterocycles. The highest BCUT2D eigenvalue weighted by molar-refractivity contribution is 6.30. The lowest BCUT2D eigenvalue weighted by Gasteiger charge is -2.15. The molecule has 9 heteroatoms. The van der Waals surface area contributed by atoms with E-state index in [9.17, 15) is 0 Å². The number of aromatic amines is 1. The topological polar surface area (TPSA) is 105 Å². The van der Waals surface area contributed by atoms with Gasteiger partial charge in [-0.05, 0) is 54.1 Å². The van der Waals surface area contributed by atoms with E-state index < -0.39 is 0 Å². The zero-order chi connectivity index (χ0) is 22.5. The average Bonchev–Trinajstić information content (AvgIpc) is 3.28. The fourth-order valence-corrected chi connectivity index (χ4v) is 3.16. The van der Waals surface area contributed by atoms with Crippen LogP contribution >= 0.6 is 11.6 Å². The predicted molar refractivity (Wildman–Crippen MR) is 123 cm³/mol. The molecule has 2 N–H and O–H groups in total. The van der Waals surface area contributed by atoms with E-state index in [1.54, 1.807) is 36.5 Å². The molecule has 0 saturated heterocycles. The van der Waals surface area contributed by atoms with Crippen molar-refractivity contribution in [2.75, 3.05) is 19.5 Å². The van der Waals surface area contributed by atoms with Crippen molar-refractivity contribution in [1.82, 2.24) is 15.0 Å². The normalized spacial score (nSPS) is 10.8. The van der Waals surface area contributed by atoms with E-state index in [1.807, 2.05) is 24.3 Å². The van der Waals surface area contributed by atoms with Gasteiger partial charge in [0.1, 0.15) is 5.52 Å². The van der Waals surface area contributed by atoms with Gasteiger partial charge < -0.3 is 24.5 Å². The Hall–Kier alpha value is -4.22. The van der Waals surface area contributed by atoms with Crippen molar-refractivity contribution in [3.05, 3.63) is 65.3 Å². The zero-order valence-corrected chi connectivity index (χ0v) is 18.0. The maximum Gasteiger partial charge on any atom is 0.249 e. The Morgan fingerprint density at radius 2 is 1.78 bits per heavy atom. The molecular weight excluding hydrogens is 430 g/mol. The summed E-state index contributed by atoms with van der Waals surface area (Å²) in [6.07, 6.45) is 4.77. The molecule has 0 fully saturated rings. The van der Waals surface area contributed by atoms with E-state index in [4.69, 9.17) is 31.1 Å². The van der Waals surface area contributed by atoms with Crippen molar-refractivity contribution in [1.29, 1.82) is 5.26 Å². The van der Waals surface area contributed by atoms with Gasteiger partial charge in [0.15, 0.2) is 11.5 Å². The third-order valence-electron chi connectivity index (χ3n) is 4.51. The molecule has 0 saturated carbocycles. The van der Waals surface area contributed by atoms with Gasteiger partial charge >= 0.3 is 0 Å². The first-order valence-electron chi connectivity index (χ1n) is 9.49. The fraction of sp³-hybridized carbons (Fsp3) is 0.0870. The zero-order valence-electron chi connectivity index (χ0n) is 17.2. The predicted octanol–water partition coefficient (Wildman–Crippen LogP) is 5.70. The maximum atomic E-state index is 8.80. The van der Waals surface area contributed by atoms with Gasteiger partial charge in [-0.1, -0.05) is 11.6 Å². The van der Waals surface area contributed by atoms with Gasteiger partial charge in [0.05, 0.1) is 25.8 Å². The number of anilines is 2. The summed E-state index contributed by atoms with van der Waals surface area (Å²) in [5.74, 6) is 1.82. The van der Waals surface area contributed by atoms with Gasteiger partial charge in [0, 0.05) is 23.0 Å². The number of rotatable bonds is 7. The van der Waals surface area contributed by atoms with Crippen LogP contribution in [0.25, 0.3) is 17.1 Å². The van der Waals surface area contributed by atoms with Gasteiger partial charge in [-0.3, -0.25) is 0 Å². The minimum Gasteiger partial charge on any atom is -0.493 e. The SMILES string of the molecule is COc1cc(/C=C/C#N)cc(OC)c1Oc1nc(Nc2ccc(Cl)cc2)nc2cc[nH]c12. The molecule has 0 bridgehead atoms. The van der Waals surface area contributed by atoms with Crippen molar-refractivity contribution in [2.24, 2.45) is 0 Å². The van der Waals surface area contributed by atoms with E-state index in [0.29, 0.717) is 39.3 Å². The second-order valence-corrected chi connectivity index (χ2v) is 6.98. The number of nitrogens with one attached hydrogen (secondary N) is 2. The number of aromatic nitrogens is 3. The van der Waals surface area contributed by atoms with Crippen LogP contribution in [0.3, 0.4) is 0 Å². The number of hydrogen-bond donors (Lipinski definition) is 2. The van der Waals surface area contributed by atoms with Crippen LogP contribution in [0.4, 0.5) is 11.6 Å². The van der Waals surface area contributed by atoms with Crippen LogP contribution in [0.5, 0.6) is 23.1 Å². The summed E-state index contributed by atoms with van der Waals surface area (Å²) in [7, 11) is 3.05. The van der Waals surface area contributed by atoms with Gasteiger partial charge in [-0.2, -0.15) is 10.2 Å². The first-order chi connectivity index (χ1) is 15.6. The molecule has 0 aliphatic rings. The smallest absolute Gasteiger partial charge is 0.249 e. The highest BCUT2D eigenvalue weighted by atomic mass is 35.5. The van der Waals surface area contributed by atoms with Gasteiger partial charge in [0.2, 0.25) is 17.6 Å². The Balaban J connectivity index is 1.75. The number of nitriles is 1. The van der Waals surface area contributed by atoms with Gasteiger partial charge in [-0.15, -0.1) is 0 Å². The van der Waals surface area contributed by atoms with Crippen molar-refractivity contribution in [3.63, 3.8) is 0 Å². The monoisotopic (exact) mass is 447 g/mol. The number of methoxy groups -OCH3 is 2. The van der Waals surface area contributed by atoms with E-state index in [2.05, 4.69) is 20.3 Å². The lowest BCUT2D eigenvalue weighted by molar-refractivity contribution is 0.343. The third-order valence-corrected chi connectivity index (χ3v) is 4.76. The molecule has 0 spiro atoms. The second kappa shape index (κ2) is 9.29. The van der Waals surface area contributed by atoms with E-state index in [1.165, 1.54) is 20.3 Å². The molecule has 2 aromatic carbocycles. The standard InChI is InChI=1S/C23H18ClN5O3/c1-30-18-12-14(4-3-10-25)13-19(31-2)21(18)32-22-20-17(9-11-26-20)28-23(29-22)27-16-7-5-15(24)6-8-16/h3-9,11-13,26H,1-2H3,(H,27,28,29)/b4-3+. The summed E-state index contributed by atoms with van der Waals surface area (Å²) < 4.78 is 17.2. The number of H-pyrrole nitrogens is 1. The minimum absolute atomic E-state index is 0.286. The number of allylic oxidation sites excluding steroid dienone is 1. The molecule has 8 nitrogen and oxygen atoms in total. The largest absolute Gasteiger partial charge is 0.493 e. The highest BCUT2D eigenvalue weighted by Crippen LogP contribution is 2.42. The molecule has 160 valence electrons. The number of benzene rings is 2. The summed E-state index contributed by atoms with van der Waals surface area (Å²) >= 11 is 5.96. The first kappa shape index (κ1) is 21.0. The quantitative estimate of drug-likeness (QED) is 0.350. The lowest BCUT2D eigenvalue weighted by atomic mass is 10.1. The molecule has 32 heavy (non-hydrogen) atoms. The lowest BCUT2D eigenvalue weighted by Crippen LogP contribution is -2.01. The summed E-state index contributed by atoms with van der Waals surface area (Å²) in [4.78, 5) is 12.1. The summed E-state index contributed by atoms with van der Waals surface area (Å²) in [5, 5.41) is 12.6. The molecular formula is C23H18ClN5O3. The number of ether oxygens (including phenoxy) is 3. The van der Waals surface area contributed by atoms with Crippen LogP contribution in [0, 0.1) is 11.3 Å². The Labute approximate surface area is 189 Å². The van der Waals surface area contributed by atoms with Crippen LogP contribution in [-0.2, 0) is 0 Å². The average molecular weight is 448 g/mol. The van der Waals surface area contributed by atoms with E-state index in [-0.39, 0.29) is 5.88 Å². The molecule has 0 unspecified atom stereocenters. The third kappa shape index (κ3) is 4.43. The molecule has 0 aliphatic carbocycles. The van der Waals surface area contributed by atoms with Gasteiger partial charge in [-0.25, -0.2) is 4.98 Å². The van der Waals surface area contributed by atoms with Crippen molar-refractivity contribution >= 4 is 40.3 Å². The molecule has 2 heterocycles. The number of hydrogen-bond acceptors (Lipinski definition) is 7. The summed E-state index contributed by atoms with van der Waals surface area (Å²) in [5.41, 5.74) is 2.78. The number of nitrogens with zero attached hydrogens (tertiary/aromatic N) is 3. The van der Waals surface area contributed by atoms with Crippen LogP contribution < -0.4 is 19.5 Å². The molecule has 0 amide bonds. The van der Waals surface area contributed by atoms with Crippen molar-refractivity contribution in [3.8, 4) is 29.2 Å². The summed E-state index contributed by atoms with van der Waals surface area (Å²) in [6, 6.07) is 14.5. The van der Waals surface area contributed by atoms with Crippen LogP contribution in [0.1, 0.15) is 5.56 Å². The van der Waals surface area contributed by atoms with E-state index in [0.717, 1.165) is 11.3 Å². The molecule has 0 radical (unpaired) electrons. The molecule has 0 atom stereocenters.